The highest BCUT2D eigenvalue weighted by molar-refractivity contribution is 5.93. The summed E-state index contributed by atoms with van der Waals surface area (Å²) in [5.41, 5.74) is 1.14. The minimum Gasteiger partial charge on any atom is -0.335 e. The van der Waals surface area contributed by atoms with E-state index < -0.39 is 0 Å². The number of hydrogen-bond donors (Lipinski definition) is 1. The number of aromatic nitrogens is 2. The van der Waals surface area contributed by atoms with Crippen molar-refractivity contribution in [1.29, 1.82) is 0 Å². The van der Waals surface area contributed by atoms with E-state index >= 15 is 0 Å². The molecule has 0 saturated carbocycles. The summed E-state index contributed by atoms with van der Waals surface area (Å²) in [6.45, 7) is 2.99. The average molecular weight is 257 g/mol. The molecule has 0 bridgehead atoms. The molecule has 0 aromatic carbocycles. The van der Waals surface area contributed by atoms with Gasteiger partial charge < -0.3 is 9.88 Å². The van der Waals surface area contributed by atoms with Gasteiger partial charge in [0.1, 0.15) is 0 Å². The van der Waals surface area contributed by atoms with E-state index in [0.717, 1.165) is 5.56 Å². The van der Waals surface area contributed by atoms with E-state index in [4.69, 9.17) is 0 Å². The molecule has 0 atom stereocenters. The van der Waals surface area contributed by atoms with Crippen molar-refractivity contribution in [2.45, 2.75) is 13.5 Å². The Labute approximate surface area is 110 Å². The number of rotatable bonds is 4. The summed E-state index contributed by atoms with van der Waals surface area (Å²) in [5.74, 6) is -0.148. The third-order valence-electron chi connectivity index (χ3n) is 2.81. The van der Waals surface area contributed by atoms with Gasteiger partial charge in [0.05, 0.1) is 0 Å². The lowest BCUT2D eigenvalue weighted by molar-refractivity contribution is 0.0752. The van der Waals surface area contributed by atoms with Gasteiger partial charge >= 0.3 is 0 Å². The first kappa shape index (κ1) is 13.0. The Balaban J connectivity index is 2.18. The van der Waals surface area contributed by atoms with Crippen LogP contribution in [0.15, 0.2) is 47.7 Å². The molecule has 0 fully saturated rings. The first-order chi connectivity index (χ1) is 9.20. The van der Waals surface area contributed by atoms with Crippen LogP contribution in [0.2, 0.25) is 0 Å². The zero-order valence-corrected chi connectivity index (χ0v) is 10.7. The number of carbonyl (C=O) groups is 1. The third kappa shape index (κ3) is 3.28. The van der Waals surface area contributed by atoms with Crippen LogP contribution in [0.1, 0.15) is 22.8 Å². The number of hydrogen-bond acceptors (Lipinski definition) is 3. The van der Waals surface area contributed by atoms with Crippen LogP contribution < -0.4 is 5.56 Å². The van der Waals surface area contributed by atoms with Crippen molar-refractivity contribution in [2.24, 2.45) is 0 Å². The van der Waals surface area contributed by atoms with E-state index in [1.54, 1.807) is 23.4 Å². The molecule has 2 heterocycles. The topological polar surface area (TPSA) is 66.1 Å². The summed E-state index contributed by atoms with van der Waals surface area (Å²) in [5, 5.41) is 0. The smallest absolute Gasteiger partial charge is 0.254 e. The number of nitrogens with one attached hydrogen (secondary N) is 1. The van der Waals surface area contributed by atoms with Crippen molar-refractivity contribution in [3.8, 4) is 0 Å². The molecule has 2 rings (SSSR count). The molecule has 0 unspecified atom stereocenters. The zero-order chi connectivity index (χ0) is 13.7. The lowest BCUT2D eigenvalue weighted by Gasteiger charge is -2.20. The second-order valence-electron chi connectivity index (χ2n) is 4.12. The highest BCUT2D eigenvalue weighted by Gasteiger charge is 2.14. The largest absolute Gasteiger partial charge is 0.335 e. The van der Waals surface area contributed by atoms with Crippen LogP contribution in [-0.4, -0.2) is 27.3 Å². The first-order valence-electron chi connectivity index (χ1n) is 6.07. The number of carbonyl (C=O) groups excluding carboxylic acids is 1. The van der Waals surface area contributed by atoms with Crippen molar-refractivity contribution in [1.82, 2.24) is 14.9 Å². The third-order valence-corrected chi connectivity index (χ3v) is 2.81. The minimum absolute atomic E-state index is 0.148. The molecule has 2 aromatic rings. The Kier molecular flexibility index (Phi) is 4.07. The zero-order valence-electron chi connectivity index (χ0n) is 10.7. The molecule has 0 aliphatic rings. The summed E-state index contributed by atoms with van der Waals surface area (Å²) in [6.07, 6.45) is 4.87. The SMILES string of the molecule is CCN(Cc1ccncc1)C(=O)c1cc[nH]c(=O)c1. The minimum atomic E-state index is -0.272. The van der Waals surface area contributed by atoms with Gasteiger partial charge in [-0.25, -0.2) is 0 Å². The molecule has 0 spiro atoms. The van der Waals surface area contributed by atoms with E-state index in [1.165, 1.54) is 12.3 Å². The Hall–Kier alpha value is -2.43. The fourth-order valence-electron chi connectivity index (χ4n) is 1.80. The van der Waals surface area contributed by atoms with Gasteiger partial charge in [0.25, 0.3) is 5.91 Å². The molecule has 1 amide bonds. The number of H-pyrrole nitrogens is 1. The first-order valence-corrected chi connectivity index (χ1v) is 6.07. The Morgan fingerprint density at radius 2 is 2.05 bits per heavy atom. The summed E-state index contributed by atoms with van der Waals surface area (Å²) < 4.78 is 0. The van der Waals surface area contributed by atoms with Gasteiger partial charge in [-0.05, 0) is 30.7 Å². The molecule has 0 aliphatic heterocycles. The van der Waals surface area contributed by atoms with Gasteiger partial charge in [0.15, 0.2) is 0 Å². The molecule has 19 heavy (non-hydrogen) atoms. The van der Waals surface area contributed by atoms with Crippen LogP contribution in [0.5, 0.6) is 0 Å². The molecule has 1 N–H and O–H groups in total. The number of aromatic amines is 1. The Bertz CT molecular complexity index is 607. The maximum Gasteiger partial charge on any atom is 0.254 e. The molecule has 5 nitrogen and oxygen atoms in total. The Morgan fingerprint density at radius 1 is 1.32 bits per heavy atom. The quantitative estimate of drug-likeness (QED) is 0.901. The summed E-state index contributed by atoms with van der Waals surface area (Å²) in [7, 11) is 0. The van der Waals surface area contributed by atoms with Crippen LogP contribution in [0.25, 0.3) is 0 Å². The normalized spacial score (nSPS) is 10.2. The maximum absolute atomic E-state index is 12.3. The van der Waals surface area contributed by atoms with Crippen molar-refractivity contribution < 1.29 is 4.79 Å². The molecular formula is C14H15N3O2. The van der Waals surface area contributed by atoms with Gasteiger partial charge in [0, 0.05) is 43.3 Å². The van der Waals surface area contributed by atoms with Crippen molar-refractivity contribution >= 4 is 5.91 Å². The van der Waals surface area contributed by atoms with Crippen molar-refractivity contribution in [3.05, 3.63) is 64.3 Å². The van der Waals surface area contributed by atoms with E-state index in [2.05, 4.69) is 9.97 Å². The molecule has 0 aliphatic carbocycles. The monoisotopic (exact) mass is 257 g/mol. The van der Waals surface area contributed by atoms with E-state index in [0.29, 0.717) is 18.7 Å². The van der Waals surface area contributed by atoms with Gasteiger partial charge in [-0.2, -0.15) is 0 Å². The lowest BCUT2D eigenvalue weighted by Crippen LogP contribution is -2.31. The van der Waals surface area contributed by atoms with Gasteiger partial charge in [0.2, 0.25) is 5.56 Å². The fraction of sp³-hybridized carbons (Fsp3) is 0.214. The van der Waals surface area contributed by atoms with Crippen molar-refractivity contribution in [2.75, 3.05) is 6.54 Å². The predicted octanol–water partition coefficient (Wildman–Crippen LogP) is 1.43. The average Bonchev–Trinajstić information content (AvgIpc) is 2.45. The molecule has 0 saturated heterocycles. The molecular weight excluding hydrogens is 242 g/mol. The fourth-order valence-corrected chi connectivity index (χ4v) is 1.80. The van der Waals surface area contributed by atoms with Gasteiger partial charge in [-0.3, -0.25) is 14.6 Å². The van der Waals surface area contributed by atoms with Gasteiger partial charge in [-0.1, -0.05) is 0 Å². The van der Waals surface area contributed by atoms with E-state index in [-0.39, 0.29) is 11.5 Å². The number of amides is 1. The summed E-state index contributed by atoms with van der Waals surface area (Å²) >= 11 is 0. The lowest BCUT2D eigenvalue weighted by atomic mass is 10.2. The summed E-state index contributed by atoms with van der Waals surface area (Å²) in [6, 6.07) is 6.66. The number of pyridine rings is 2. The molecule has 2 aromatic heterocycles. The van der Waals surface area contributed by atoms with Crippen LogP contribution in [-0.2, 0) is 6.54 Å². The van der Waals surface area contributed by atoms with E-state index in [1.807, 2.05) is 19.1 Å². The molecule has 5 heteroatoms. The van der Waals surface area contributed by atoms with Crippen molar-refractivity contribution in [3.63, 3.8) is 0 Å². The van der Waals surface area contributed by atoms with E-state index in [9.17, 15) is 9.59 Å². The van der Waals surface area contributed by atoms with Gasteiger partial charge in [-0.15, -0.1) is 0 Å². The van der Waals surface area contributed by atoms with Crippen LogP contribution in [0.3, 0.4) is 0 Å². The number of nitrogens with zero attached hydrogens (tertiary/aromatic N) is 2. The standard InChI is InChI=1S/C14H15N3O2/c1-2-17(10-11-3-6-15-7-4-11)14(19)12-5-8-16-13(18)9-12/h3-9H,2,10H2,1H3,(H,16,18). The maximum atomic E-state index is 12.3. The van der Waals surface area contributed by atoms with Crippen LogP contribution in [0, 0.1) is 0 Å². The van der Waals surface area contributed by atoms with Crippen LogP contribution in [0.4, 0.5) is 0 Å². The second kappa shape index (κ2) is 5.95. The Morgan fingerprint density at radius 3 is 2.68 bits per heavy atom. The molecule has 0 radical (unpaired) electrons. The second-order valence-corrected chi connectivity index (χ2v) is 4.12. The molecule has 98 valence electrons. The highest BCUT2D eigenvalue weighted by Crippen LogP contribution is 2.07. The highest BCUT2D eigenvalue weighted by atomic mass is 16.2. The summed E-state index contributed by atoms with van der Waals surface area (Å²) in [4.78, 5) is 31.6. The predicted molar refractivity (Wildman–Crippen MR) is 71.7 cm³/mol. The van der Waals surface area contributed by atoms with Crippen LogP contribution >= 0.6 is 0 Å².